The Morgan fingerprint density at radius 1 is 1.25 bits per heavy atom. The van der Waals surface area contributed by atoms with E-state index in [1.807, 2.05) is 6.20 Å². The zero-order valence-corrected chi connectivity index (χ0v) is 12.8. The third-order valence-electron chi connectivity index (χ3n) is 5.09. The third kappa shape index (κ3) is 2.59. The molecule has 0 aliphatic carbocycles. The molecule has 1 aromatic heterocycles. The average molecular weight is 274 g/mol. The first kappa shape index (κ1) is 14.0. The standard InChI is InChI=1S/C16H26N4/c1-4-20(12(3)16-11(2)17-7-8-18-16)15-9-13-5-6-14(10-15)19-13/h7-8,12-15,19H,4-6,9-10H2,1-3H3. The van der Waals surface area contributed by atoms with Gasteiger partial charge in [0.2, 0.25) is 0 Å². The maximum atomic E-state index is 4.58. The lowest BCUT2D eigenvalue weighted by molar-refractivity contribution is 0.105. The minimum absolute atomic E-state index is 0.358. The van der Waals surface area contributed by atoms with Crippen molar-refractivity contribution >= 4 is 0 Å². The Kier molecular flexibility index (Phi) is 4.03. The van der Waals surface area contributed by atoms with Crippen molar-refractivity contribution in [2.24, 2.45) is 0 Å². The fourth-order valence-electron chi connectivity index (χ4n) is 4.13. The van der Waals surface area contributed by atoms with E-state index in [1.165, 1.54) is 25.7 Å². The molecule has 0 amide bonds. The minimum atomic E-state index is 0.358. The highest BCUT2D eigenvalue weighted by Crippen LogP contribution is 2.33. The molecule has 0 aromatic carbocycles. The van der Waals surface area contributed by atoms with Crippen LogP contribution in [0.4, 0.5) is 0 Å². The summed E-state index contributed by atoms with van der Waals surface area (Å²) in [6, 6.07) is 2.53. The van der Waals surface area contributed by atoms with Crippen molar-refractivity contribution < 1.29 is 0 Å². The van der Waals surface area contributed by atoms with Gasteiger partial charge in [-0.3, -0.25) is 14.9 Å². The van der Waals surface area contributed by atoms with Crippen molar-refractivity contribution in [1.29, 1.82) is 0 Å². The third-order valence-corrected chi connectivity index (χ3v) is 5.09. The van der Waals surface area contributed by atoms with Crippen LogP contribution in [0.25, 0.3) is 0 Å². The van der Waals surface area contributed by atoms with Crippen LogP contribution in [0.1, 0.15) is 57.0 Å². The summed E-state index contributed by atoms with van der Waals surface area (Å²) in [6.45, 7) is 7.71. The van der Waals surface area contributed by atoms with E-state index in [2.05, 4.69) is 41.0 Å². The smallest absolute Gasteiger partial charge is 0.0784 e. The maximum absolute atomic E-state index is 4.58. The van der Waals surface area contributed by atoms with Gasteiger partial charge in [-0.25, -0.2) is 0 Å². The number of rotatable bonds is 4. The van der Waals surface area contributed by atoms with Crippen molar-refractivity contribution in [2.75, 3.05) is 6.54 Å². The van der Waals surface area contributed by atoms with E-state index in [1.54, 1.807) is 6.20 Å². The number of aryl methyl sites for hydroxylation is 1. The summed E-state index contributed by atoms with van der Waals surface area (Å²) in [4.78, 5) is 11.6. The number of hydrogen-bond acceptors (Lipinski definition) is 4. The molecule has 2 bridgehead atoms. The maximum Gasteiger partial charge on any atom is 0.0784 e. The molecule has 3 rings (SSSR count). The first-order valence-corrected chi connectivity index (χ1v) is 7.98. The van der Waals surface area contributed by atoms with Gasteiger partial charge in [0.15, 0.2) is 0 Å². The second-order valence-corrected chi connectivity index (χ2v) is 6.30. The Morgan fingerprint density at radius 3 is 2.50 bits per heavy atom. The second-order valence-electron chi connectivity index (χ2n) is 6.30. The molecule has 110 valence electrons. The van der Waals surface area contributed by atoms with E-state index in [0.717, 1.165) is 30.0 Å². The molecule has 1 aromatic rings. The number of fused-ring (bicyclic) bond motifs is 2. The predicted molar refractivity (Wildman–Crippen MR) is 80.5 cm³/mol. The van der Waals surface area contributed by atoms with Crippen LogP contribution in [0, 0.1) is 6.92 Å². The van der Waals surface area contributed by atoms with Gasteiger partial charge in [-0.05, 0) is 46.1 Å². The van der Waals surface area contributed by atoms with E-state index < -0.39 is 0 Å². The fraction of sp³-hybridized carbons (Fsp3) is 0.750. The molecule has 20 heavy (non-hydrogen) atoms. The van der Waals surface area contributed by atoms with Gasteiger partial charge < -0.3 is 5.32 Å². The van der Waals surface area contributed by atoms with E-state index >= 15 is 0 Å². The molecule has 2 saturated heterocycles. The van der Waals surface area contributed by atoms with Gasteiger partial charge in [-0.2, -0.15) is 0 Å². The van der Waals surface area contributed by atoms with Crippen LogP contribution in [0.5, 0.6) is 0 Å². The predicted octanol–water partition coefficient (Wildman–Crippen LogP) is 2.45. The van der Waals surface area contributed by atoms with Gasteiger partial charge in [-0.15, -0.1) is 0 Å². The second kappa shape index (κ2) is 5.78. The lowest BCUT2D eigenvalue weighted by atomic mass is 9.96. The van der Waals surface area contributed by atoms with Crippen LogP contribution in [0.15, 0.2) is 12.4 Å². The number of nitrogens with one attached hydrogen (secondary N) is 1. The van der Waals surface area contributed by atoms with E-state index in [0.29, 0.717) is 12.1 Å². The molecule has 0 saturated carbocycles. The number of hydrogen-bond donors (Lipinski definition) is 1. The monoisotopic (exact) mass is 274 g/mol. The Balaban J connectivity index is 1.77. The summed E-state index contributed by atoms with van der Waals surface area (Å²) in [5.74, 6) is 0. The van der Waals surface area contributed by atoms with Crippen LogP contribution in [0.2, 0.25) is 0 Å². The molecule has 4 nitrogen and oxygen atoms in total. The first-order valence-electron chi connectivity index (χ1n) is 7.98. The highest BCUT2D eigenvalue weighted by molar-refractivity contribution is 5.13. The number of piperidine rings is 1. The Morgan fingerprint density at radius 2 is 1.90 bits per heavy atom. The van der Waals surface area contributed by atoms with Crippen molar-refractivity contribution in [3.63, 3.8) is 0 Å². The van der Waals surface area contributed by atoms with Crippen LogP contribution in [-0.4, -0.2) is 39.5 Å². The first-order chi connectivity index (χ1) is 9.69. The number of aromatic nitrogens is 2. The summed E-state index contributed by atoms with van der Waals surface area (Å²) in [6.07, 6.45) is 8.89. The van der Waals surface area contributed by atoms with Crippen LogP contribution < -0.4 is 5.32 Å². The molecule has 4 heteroatoms. The largest absolute Gasteiger partial charge is 0.311 e. The molecule has 0 spiro atoms. The van der Waals surface area contributed by atoms with Crippen LogP contribution in [0.3, 0.4) is 0 Å². The van der Waals surface area contributed by atoms with Crippen molar-refractivity contribution in [3.8, 4) is 0 Å². The van der Waals surface area contributed by atoms with Gasteiger partial charge in [0.05, 0.1) is 17.4 Å². The van der Waals surface area contributed by atoms with Crippen molar-refractivity contribution in [2.45, 2.75) is 70.6 Å². The molecule has 1 N–H and O–H groups in total. The Hall–Kier alpha value is -1.00. The van der Waals surface area contributed by atoms with Gasteiger partial charge in [0.25, 0.3) is 0 Å². The lowest BCUT2D eigenvalue weighted by Gasteiger charge is -2.40. The molecular formula is C16H26N4. The van der Waals surface area contributed by atoms with Gasteiger partial charge in [0.1, 0.15) is 0 Å². The topological polar surface area (TPSA) is 41.0 Å². The molecule has 2 aliphatic rings. The molecule has 2 aliphatic heterocycles. The molecule has 3 atom stereocenters. The van der Waals surface area contributed by atoms with Gasteiger partial charge in [0, 0.05) is 30.5 Å². The van der Waals surface area contributed by atoms with Crippen LogP contribution in [-0.2, 0) is 0 Å². The molecule has 3 unspecified atom stereocenters. The van der Waals surface area contributed by atoms with E-state index in [-0.39, 0.29) is 0 Å². The summed E-state index contributed by atoms with van der Waals surface area (Å²) in [5, 5.41) is 3.73. The average Bonchev–Trinajstić information content (AvgIpc) is 2.79. The lowest BCUT2D eigenvalue weighted by Crippen LogP contribution is -2.49. The summed E-state index contributed by atoms with van der Waals surface area (Å²) >= 11 is 0. The molecule has 3 heterocycles. The Bertz CT molecular complexity index is 450. The highest BCUT2D eigenvalue weighted by Gasteiger charge is 2.37. The Labute approximate surface area is 122 Å². The minimum Gasteiger partial charge on any atom is -0.311 e. The summed E-state index contributed by atoms with van der Waals surface area (Å²) in [7, 11) is 0. The van der Waals surface area contributed by atoms with E-state index in [4.69, 9.17) is 0 Å². The van der Waals surface area contributed by atoms with Gasteiger partial charge in [-0.1, -0.05) is 6.92 Å². The quantitative estimate of drug-likeness (QED) is 0.915. The molecule has 2 fully saturated rings. The van der Waals surface area contributed by atoms with E-state index in [9.17, 15) is 0 Å². The van der Waals surface area contributed by atoms with Crippen molar-refractivity contribution in [3.05, 3.63) is 23.8 Å². The summed E-state index contributed by atoms with van der Waals surface area (Å²) in [5.41, 5.74) is 2.20. The summed E-state index contributed by atoms with van der Waals surface area (Å²) < 4.78 is 0. The van der Waals surface area contributed by atoms with Gasteiger partial charge >= 0.3 is 0 Å². The molecular weight excluding hydrogens is 248 g/mol. The zero-order valence-electron chi connectivity index (χ0n) is 12.8. The fourth-order valence-corrected chi connectivity index (χ4v) is 4.13. The normalized spacial score (nSPS) is 30.7. The number of nitrogens with zero attached hydrogens (tertiary/aromatic N) is 3. The highest BCUT2D eigenvalue weighted by atomic mass is 15.2. The molecule has 0 radical (unpaired) electrons. The zero-order chi connectivity index (χ0) is 14.1. The SMILES string of the molecule is CCN(C1CC2CCC(C1)N2)C(C)c1nccnc1C. The van der Waals surface area contributed by atoms with Crippen LogP contribution >= 0.6 is 0 Å². The van der Waals surface area contributed by atoms with Crippen molar-refractivity contribution in [1.82, 2.24) is 20.2 Å².